The van der Waals surface area contributed by atoms with Gasteiger partial charge in [-0.05, 0) is 32.3 Å². The van der Waals surface area contributed by atoms with Gasteiger partial charge in [0.15, 0.2) is 5.78 Å². The van der Waals surface area contributed by atoms with E-state index in [0.717, 1.165) is 6.92 Å². The van der Waals surface area contributed by atoms with E-state index in [2.05, 4.69) is 4.98 Å². The lowest BCUT2D eigenvalue weighted by atomic mass is 9.81. The molecule has 6 heteroatoms. The minimum Gasteiger partial charge on any atom is -0.398 e. The van der Waals surface area contributed by atoms with Crippen LogP contribution in [0.3, 0.4) is 0 Å². The first-order valence-corrected chi connectivity index (χ1v) is 6.47. The Labute approximate surface area is 136 Å². The second-order valence-corrected chi connectivity index (χ2v) is 5.16. The van der Waals surface area contributed by atoms with Gasteiger partial charge in [-0.25, -0.2) is 4.98 Å². The molecule has 1 saturated carbocycles. The molecule has 0 unspecified atom stereocenters. The van der Waals surface area contributed by atoms with Crippen molar-refractivity contribution in [2.24, 2.45) is 0 Å². The van der Waals surface area contributed by atoms with Gasteiger partial charge in [0.05, 0.1) is 17.3 Å². The van der Waals surface area contributed by atoms with E-state index in [1.54, 1.807) is 0 Å². The molecule has 22 heavy (non-hydrogen) atoms. The van der Waals surface area contributed by atoms with E-state index in [-0.39, 0.29) is 16.6 Å². The summed E-state index contributed by atoms with van der Waals surface area (Å²) in [6, 6.07) is 4.14. The van der Waals surface area contributed by atoms with Gasteiger partial charge in [0, 0.05) is 21.7 Å². The van der Waals surface area contributed by atoms with E-state index in [1.165, 1.54) is 18.2 Å². The molecule has 0 amide bonds. The van der Waals surface area contributed by atoms with Crippen molar-refractivity contribution in [2.45, 2.75) is 38.5 Å². The lowest BCUT2D eigenvalue weighted by Crippen LogP contribution is -2.49. The van der Waals surface area contributed by atoms with Gasteiger partial charge in [0.25, 0.3) is 5.56 Å². The topological polar surface area (TPSA) is 95.0 Å². The van der Waals surface area contributed by atoms with Crippen LogP contribution < -0.4 is 11.3 Å². The second kappa shape index (κ2) is 4.76. The summed E-state index contributed by atoms with van der Waals surface area (Å²) in [5, 5.41) is -0.234. The van der Waals surface area contributed by atoms with Gasteiger partial charge in [0.2, 0.25) is 0 Å². The van der Waals surface area contributed by atoms with Crippen molar-refractivity contribution in [1.82, 2.24) is 9.55 Å². The summed E-state index contributed by atoms with van der Waals surface area (Å²) in [5.74, 6) is -3.32. The number of nitrogens with zero attached hydrogens (tertiary/aromatic N) is 2. The van der Waals surface area contributed by atoms with Crippen LogP contribution in [0.25, 0.3) is 10.9 Å². The van der Waals surface area contributed by atoms with Gasteiger partial charge in [-0.1, -0.05) is 6.07 Å². The molecule has 0 aliphatic heterocycles. The molecular weight excluding hydrogens is 282 g/mol. The van der Waals surface area contributed by atoms with Crippen LogP contribution in [0.2, 0.25) is 0 Å². The van der Waals surface area contributed by atoms with Crippen molar-refractivity contribution in [2.75, 3.05) is 5.73 Å². The van der Waals surface area contributed by atoms with Crippen LogP contribution in [-0.2, 0) is 15.1 Å². The highest BCUT2D eigenvalue weighted by Gasteiger charge is 2.41. The Bertz CT molecular complexity index is 1120. The third kappa shape index (κ3) is 1.94. The number of Topliss-reactive ketones (excluding diaryl/α,β-unsaturated/α-hetero) is 2. The number of nitrogens with two attached hydrogens (primary N) is 1. The lowest BCUT2D eigenvalue weighted by molar-refractivity contribution is -0.136. The number of anilines is 1. The Kier molecular flexibility index (Phi) is 1.78. The molecule has 1 aromatic heterocycles. The molecule has 1 aliphatic rings. The fourth-order valence-corrected chi connectivity index (χ4v) is 2.47. The third-order valence-corrected chi connectivity index (χ3v) is 3.69. The number of ketones is 2. The molecule has 114 valence electrons. The maximum Gasteiger partial charge on any atom is 0.264 e. The van der Waals surface area contributed by atoms with E-state index in [9.17, 15) is 14.4 Å². The van der Waals surface area contributed by atoms with E-state index < -0.39 is 54.5 Å². The standard InChI is InChI=1S/C16H17N3O3/c1-9-18-12-5-3-4-11(17)14(12)15(22)19(9)16(2)7-6-10(20)8-13(16)21/h3-5H,6-8,17H2,1-2H3/t16-/m1/s1/i1D3,6D2,7D2. The number of aromatic nitrogens is 2. The molecule has 1 aromatic carbocycles. The van der Waals surface area contributed by atoms with Crippen LogP contribution in [0, 0.1) is 6.85 Å². The average Bonchev–Trinajstić information content (AvgIpc) is 2.58. The van der Waals surface area contributed by atoms with Crippen molar-refractivity contribution >= 4 is 28.2 Å². The van der Waals surface area contributed by atoms with E-state index in [4.69, 9.17) is 15.3 Å². The van der Waals surface area contributed by atoms with Gasteiger partial charge in [-0.15, -0.1) is 0 Å². The molecule has 2 aromatic rings. The summed E-state index contributed by atoms with van der Waals surface area (Å²) in [4.78, 5) is 42.1. The molecular formula is C16H17N3O3. The van der Waals surface area contributed by atoms with Crippen molar-refractivity contribution < 1.29 is 19.2 Å². The minimum absolute atomic E-state index is 0.0659. The van der Waals surface area contributed by atoms with Crippen LogP contribution in [0.4, 0.5) is 5.69 Å². The monoisotopic (exact) mass is 306 g/mol. The molecule has 1 atom stereocenters. The maximum absolute atomic E-state index is 13.3. The highest BCUT2D eigenvalue weighted by atomic mass is 16.2. The minimum atomic E-state index is -3.25. The van der Waals surface area contributed by atoms with E-state index >= 15 is 0 Å². The van der Waals surface area contributed by atoms with Crippen LogP contribution in [0.1, 0.15) is 41.5 Å². The summed E-state index contributed by atoms with van der Waals surface area (Å²) in [7, 11) is 0. The summed E-state index contributed by atoms with van der Waals surface area (Å²) in [6.07, 6.45) is -7.41. The molecule has 0 radical (unpaired) electrons. The van der Waals surface area contributed by atoms with Crippen LogP contribution in [0.5, 0.6) is 0 Å². The first-order valence-electron chi connectivity index (χ1n) is 9.97. The van der Waals surface area contributed by atoms with Crippen LogP contribution in [-0.4, -0.2) is 21.1 Å². The molecule has 0 bridgehead atoms. The zero-order chi connectivity index (χ0) is 22.2. The largest absolute Gasteiger partial charge is 0.398 e. The number of nitrogen functional groups attached to an aromatic ring is 1. The molecule has 2 N–H and O–H groups in total. The van der Waals surface area contributed by atoms with Gasteiger partial charge < -0.3 is 5.73 Å². The van der Waals surface area contributed by atoms with Gasteiger partial charge in [0.1, 0.15) is 17.1 Å². The van der Waals surface area contributed by atoms with Crippen LogP contribution in [0.15, 0.2) is 23.0 Å². The highest BCUT2D eigenvalue weighted by molar-refractivity contribution is 6.05. The summed E-state index contributed by atoms with van der Waals surface area (Å²) in [6.45, 7) is -2.14. The lowest BCUT2D eigenvalue weighted by Gasteiger charge is -2.34. The van der Waals surface area contributed by atoms with E-state index in [1.807, 2.05) is 0 Å². The fraction of sp³-hybridized carbons (Fsp3) is 0.375. The Morgan fingerprint density at radius 1 is 1.41 bits per heavy atom. The Morgan fingerprint density at radius 2 is 2.18 bits per heavy atom. The first kappa shape index (κ1) is 8.22. The molecule has 1 heterocycles. The molecule has 1 fully saturated rings. The van der Waals surface area contributed by atoms with Crippen molar-refractivity contribution in [3.63, 3.8) is 0 Å². The molecule has 6 nitrogen and oxygen atoms in total. The molecule has 3 rings (SSSR count). The van der Waals surface area contributed by atoms with Gasteiger partial charge in [-0.2, -0.15) is 0 Å². The predicted octanol–water partition coefficient (Wildman–Crippen LogP) is 1.32. The van der Waals surface area contributed by atoms with Gasteiger partial charge >= 0.3 is 0 Å². The second-order valence-electron chi connectivity index (χ2n) is 5.16. The summed E-state index contributed by atoms with van der Waals surface area (Å²) < 4.78 is 56.1. The number of aryl methyl sites for hydroxylation is 1. The fourth-order valence-electron chi connectivity index (χ4n) is 2.47. The average molecular weight is 306 g/mol. The quantitative estimate of drug-likeness (QED) is 0.633. The Morgan fingerprint density at radius 3 is 2.91 bits per heavy atom. The number of hydrogen-bond acceptors (Lipinski definition) is 5. The van der Waals surface area contributed by atoms with E-state index in [0.29, 0.717) is 4.57 Å². The SMILES string of the molecule is [2H]C([2H])([2H])c1nc2cccc(N)c2c(=O)n1[C@@]1(C)C(=O)CC(=O)C([2H])([2H])C1([2H])[2H]. The van der Waals surface area contributed by atoms with Crippen molar-refractivity contribution in [1.29, 1.82) is 0 Å². The zero-order valence-electron chi connectivity index (χ0n) is 18.6. The third-order valence-electron chi connectivity index (χ3n) is 3.69. The summed E-state index contributed by atoms with van der Waals surface area (Å²) in [5.41, 5.74) is 1.93. The number of carbonyl (C=O) groups is 2. The zero-order valence-corrected chi connectivity index (χ0v) is 11.6. The number of benzene rings is 1. The highest BCUT2D eigenvalue weighted by Crippen LogP contribution is 2.30. The smallest absolute Gasteiger partial charge is 0.264 e. The Balaban J connectivity index is 2.56. The number of carbonyl (C=O) groups excluding carboxylic acids is 2. The van der Waals surface area contributed by atoms with Crippen LogP contribution >= 0.6 is 0 Å². The van der Waals surface area contributed by atoms with Crippen molar-refractivity contribution in [3.05, 3.63) is 34.4 Å². The number of fused-ring (bicyclic) bond motifs is 1. The van der Waals surface area contributed by atoms with Gasteiger partial charge in [-0.3, -0.25) is 19.0 Å². The number of hydrogen-bond donors (Lipinski definition) is 1. The summed E-state index contributed by atoms with van der Waals surface area (Å²) >= 11 is 0. The molecule has 1 aliphatic carbocycles. The van der Waals surface area contributed by atoms with Crippen molar-refractivity contribution in [3.8, 4) is 0 Å². The Hall–Kier alpha value is -2.50. The number of rotatable bonds is 1. The molecule has 0 spiro atoms. The first-order chi connectivity index (χ1) is 13.1. The maximum atomic E-state index is 13.3. The normalized spacial score (nSPS) is 32.1. The predicted molar refractivity (Wildman–Crippen MR) is 82.7 cm³/mol. The molecule has 0 saturated heterocycles.